The fourth-order valence-electron chi connectivity index (χ4n) is 4.01. The molecular weight excluding hydrogens is 334 g/mol. The van der Waals surface area contributed by atoms with Gasteiger partial charge < -0.3 is 10.2 Å². The number of halogens is 2. The molecule has 0 spiro atoms. The first-order valence-electron chi connectivity index (χ1n) is 9.25. The number of fused-ring (bicyclic) bond motifs is 1. The molecule has 1 aliphatic heterocycles. The van der Waals surface area contributed by atoms with E-state index in [-0.39, 0.29) is 23.7 Å². The van der Waals surface area contributed by atoms with Gasteiger partial charge in [-0.15, -0.1) is 0 Å². The van der Waals surface area contributed by atoms with Gasteiger partial charge in [0.05, 0.1) is 6.42 Å². The summed E-state index contributed by atoms with van der Waals surface area (Å²) in [5.41, 5.74) is 3.77. The van der Waals surface area contributed by atoms with E-state index >= 15 is 0 Å². The Hall–Kier alpha value is -2.43. The fraction of sp³-hybridized carbons (Fsp3) is 0.381. The first-order chi connectivity index (χ1) is 12.6. The summed E-state index contributed by atoms with van der Waals surface area (Å²) in [5, 5.41) is 2.62. The summed E-state index contributed by atoms with van der Waals surface area (Å²) in [6.45, 7) is 1.33. The van der Waals surface area contributed by atoms with Gasteiger partial charge in [-0.3, -0.25) is 4.79 Å². The third kappa shape index (κ3) is 3.43. The molecule has 136 valence electrons. The van der Waals surface area contributed by atoms with Crippen LogP contribution in [0.15, 0.2) is 30.3 Å². The number of hydrogen-bond donors (Lipinski definition) is 1. The van der Waals surface area contributed by atoms with Gasteiger partial charge in [0.2, 0.25) is 5.91 Å². The Bertz CT molecular complexity index is 821. The number of carbonyl (C=O) groups is 1. The van der Waals surface area contributed by atoms with Gasteiger partial charge in [0, 0.05) is 18.8 Å². The monoisotopic (exact) mass is 356 g/mol. The molecule has 1 N–H and O–H groups in total. The van der Waals surface area contributed by atoms with E-state index in [1.54, 1.807) is 4.90 Å². The standard InChI is InChI=1S/C21H22F2N2O/c22-18-12-17(13-19(23)21(18)25-8-1-2-9-25)24-20(26)11-14-6-7-15-4-3-5-16(15)10-14/h6-7,10,12-13H,1-5,8-9,11H2,(H,24,26). The number of anilines is 2. The minimum absolute atomic E-state index is 0.0131. The number of aryl methyl sites for hydroxylation is 2. The number of hydrogen-bond acceptors (Lipinski definition) is 2. The van der Waals surface area contributed by atoms with Crippen LogP contribution in [-0.2, 0) is 24.1 Å². The van der Waals surface area contributed by atoms with Crippen molar-refractivity contribution in [3.63, 3.8) is 0 Å². The Labute approximate surface area is 152 Å². The van der Waals surface area contributed by atoms with Crippen molar-refractivity contribution >= 4 is 17.3 Å². The quantitative estimate of drug-likeness (QED) is 0.889. The molecule has 1 fully saturated rings. The lowest BCUT2D eigenvalue weighted by molar-refractivity contribution is -0.115. The minimum Gasteiger partial charge on any atom is -0.367 e. The fourth-order valence-corrected chi connectivity index (χ4v) is 4.01. The molecule has 1 amide bonds. The van der Waals surface area contributed by atoms with E-state index in [1.807, 2.05) is 6.07 Å². The lowest BCUT2D eigenvalue weighted by atomic mass is 10.0. The molecule has 0 atom stereocenters. The number of nitrogens with one attached hydrogen (secondary N) is 1. The summed E-state index contributed by atoms with van der Waals surface area (Å²) in [6, 6.07) is 8.52. The maximum absolute atomic E-state index is 14.4. The lowest BCUT2D eigenvalue weighted by Crippen LogP contribution is -2.21. The van der Waals surface area contributed by atoms with Crippen LogP contribution in [0.3, 0.4) is 0 Å². The maximum Gasteiger partial charge on any atom is 0.228 e. The van der Waals surface area contributed by atoms with E-state index < -0.39 is 11.6 Å². The summed E-state index contributed by atoms with van der Waals surface area (Å²) >= 11 is 0. The van der Waals surface area contributed by atoms with Crippen molar-refractivity contribution < 1.29 is 13.6 Å². The SMILES string of the molecule is O=C(Cc1ccc2c(c1)CCC2)Nc1cc(F)c(N2CCCC2)c(F)c1. The predicted octanol–water partition coefficient (Wildman–Crippen LogP) is 4.23. The van der Waals surface area contributed by atoms with Crippen LogP contribution in [0.25, 0.3) is 0 Å². The average Bonchev–Trinajstić information content (AvgIpc) is 3.25. The highest BCUT2D eigenvalue weighted by atomic mass is 19.1. The molecule has 0 unspecified atom stereocenters. The molecule has 0 bridgehead atoms. The summed E-state index contributed by atoms with van der Waals surface area (Å²) in [5.74, 6) is -1.52. The Balaban J connectivity index is 1.45. The van der Waals surface area contributed by atoms with Crippen molar-refractivity contribution in [1.29, 1.82) is 0 Å². The molecule has 2 aromatic carbocycles. The number of carbonyl (C=O) groups excluding carboxylic acids is 1. The zero-order valence-corrected chi connectivity index (χ0v) is 14.7. The van der Waals surface area contributed by atoms with Crippen molar-refractivity contribution in [2.75, 3.05) is 23.3 Å². The molecule has 3 nitrogen and oxygen atoms in total. The third-order valence-corrected chi connectivity index (χ3v) is 5.25. The van der Waals surface area contributed by atoms with E-state index in [0.717, 1.165) is 37.7 Å². The zero-order chi connectivity index (χ0) is 18.1. The summed E-state index contributed by atoms with van der Waals surface area (Å²) in [6.07, 6.45) is 5.40. The molecule has 1 heterocycles. The summed E-state index contributed by atoms with van der Waals surface area (Å²) in [7, 11) is 0. The number of amides is 1. The highest BCUT2D eigenvalue weighted by Crippen LogP contribution is 2.30. The van der Waals surface area contributed by atoms with Gasteiger partial charge in [-0.05, 0) is 60.9 Å². The van der Waals surface area contributed by atoms with Crippen molar-refractivity contribution in [3.8, 4) is 0 Å². The summed E-state index contributed by atoms with van der Waals surface area (Å²) < 4.78 is 28.7. The normalized spacial score (nSPS) is 16.0. The minimum atomic E-state index is -0.625. The van der Waals surface area contributed by atoms with Crippen LogP contribution in [0.5, 0.6) is 0 Å². The van der Waals surface area contributed by atoms with Crippen LogP contribution in [0, 0.1) is 11.6 Å². The first-order valence-corrected chi connectivity index (χ1v) is 9.25. The molecule has 2 aliphatic rings. The molecule has 5 heteroatoms. The van der Waals surface area contributed by atoms with Crippen LogP contribution in [-0.4, -0.2) is 19.0 Å². The number of nitrogens with zero attached hydrogens (tertiary/aromatic N) is 1. The Morgan fingerprint density at radius 3 is 2.38 bits per heavy atom. The molecule has 0 radical (unpaired) electrons. The van der Waals surface area contributed by atoms with Crippen molar-refractivity contribution in [1.82, 2.24) is 0 Å². The zero-order valence-electron chi connectivity index (χ0n) is 14.7. The van der Waals surface area contributed by atoms with Gasteiger partial charge in [0.25, 0.3) is 0 Å². The maximum atomic E-state index is 14.4. The number of rotatable bonds is 4. The topological polar surface area (TPSA) is 32.3 Å². The van der Waals surface area contributed by atoms with Gasteiger partial charge in [0.15, 0.2) is 11.6 Å². The first kappa shape index (κ1) is 17.0. The van der Waals surface area contributed by atoms with E-state index in [1.165, 1.54) is 23.3 Å². The van der Waals surface area contributed by atoms with Gasteiger partial charge in [-0.1, -0.05) is 18.2 Å². The highest BCUT2D eigenvalue weighted by Gasteiger charge is 2.21. The van der Waals surface area contributed by atoms with Crippen molar-refractivity contribution in [2.45, 2.75) is 38.5 Å². The van der Waals surface area contributed by atoms with Crippen LogP contribution in [0.4, 0.5) is 20.2 Å². The van der Waals surface area contributed by atoms with Crippen molar-refractivity contribution in [3.05, 3.63) is 58.7 Å². The molecule has 2 aromatic rings. The molecule has 0 aromatic heterocycles. The van der Waals surface area contributed by atoms with E-state index in [4.69, 9.17) is 0 Å². The molecule has 0 saturated carbocycles. The molecular formula is C21H22F2N2O. The van der Waals surface area contributed by atoms with Gasteiger partial charge >= 0.3 is 0 Å². The van der Waals surface area contributed by atoms with E-state index in [0.29, 0.717) is 13.1 Å². The van der Waals surface area contributed by atoms with Crippen LogP contribution < -0.4 is 10.2 Å². The second kappa shape index (κ2) is 7.06. The Kier molecular flexibility index (Phi) is 4.62. The van der Waals surface area contributed by atoms with E-state index in [2.05, 4.69) is 17.4 Å². The second-order valence-corrected chi connectivity index (χ2v) is 7.16. The van der Waals surface area contributed by atoms with Gasteiger partial charge in [-0.25, -0.2) is 8.78 Å². The molecule has 1 aliphatic carbocycles. The average molecular weight is 356 g/mol. The largest absolute Gasteiger partial charge is 0.367 e. The molecule has 1 saturated heterocycles. The highest BCUT2D eigenvalue weighted by molar-refractivity contribution is 5.92. The molecule has 26 heavy (non-hydrogen) atoms. The van der Waals surface area contributed by atoms with Crippen LogP contribution >= 0.6 is 0 Å². The number of benzene rings is 2. The predicted molar refractivity (Wildman–Crippen MR) is 98.6 cm³/mol. The lowest BCUT2D eigenvalue weighted by Gasteiger charge is -2.19. The Morgan fingerprint density at radius 2 is 1.65 bits per heavy atom. The van der Waals surface area contributed by atoms with E-state index in [9.17, 15) is 13.6 Å². The van der Waals surface area contributed by atoms with Gasteiger partial charge in [0.1, 0.15) is 5.69 Å². The second-order valence-electron chi connectivity index (χ2n) is 7.16. The van der Waals surface area contributed by atoms with Crippen molar-refractivity contribution in [2.24, 2.45) is 0 Å². The smallest absolute Gasteiger partial charge is 0.228 e. The van der Waals surface area contributed by atoms with Crippen LogP contribution in [0.2, 0.25) is 0 Å². The third-order valence-electron chi connectivity index (χ3n) is 5.25. The Morgan fingerprint density at radius 1 is 0.962 bits per heavy atom. The van der Waals surface area contributed by atoms with Crippen LogP contribution in [0.1, 0.15) is 36.0 Å². The molecule has 4 rings (SSSR count). The summed E-state index contributed by atoms with van der Waals surface area (Å²) in [4.78, 5) is 14.0. The van der Waals surface area contributed by atoms with Gasteiger partial charge in [-0.2, -0.15) is 0 Å².